The number of aromatic nitrogens is 2. The highest BCUT2D eigenvalue weighted by Gasteiger charge is 2.35. The summed E-state index contributed by atoms with van der Waals surface area (Å²) in [5, 5.41) is 7.64. The lowest BCUT2D eigenvalue weighted by Gasteiger charge is -2.24. The van der Waals surface area contributed by atoms with E-state index in [0.29, 0.717) is 24.9 Å². The Morgan fingerprint density at radius 3 is 3.17 bits per heavy atom. The molecule has 2 saturated heterocycles. The van der Waals surface area contributed by atoms with E-state index in [2.05, 4.69) is 10.4 Å². The Labute approximate surface area is 107 Å². The number of nitrogens with one attached hydrogen (secondary N) is 1. The fourth-order valence-electron chi connectivity index (χ4n) is 3.05. The lowest BCUT2D eigenvalue weighted by molar-refractivity contribution is -0.130. The molecule has 1 amide bonds. The molecule has 5 nitrogen and oxygen atoms in total. The third-order valence-corrected chi connectivity index (χ3v) is 4.07. The second kappa shape index (κ2) is 5.10. The van der Waals surface area contributed by atoms with Crippen LogP contribution in [0.3, 0.4) is 0 Å². The van der Waals surface area contributed by atoms with Gasteiger partial charge in [0.1, 0.15) is 0 Å². The number of amides is 1. The van der Waals surface area contributed by atoms with Crippen LogP contribution >= 0.6 is 0 Å². The Morgan fingerprint density at radius 2 is 2.39 bits per heavy atom. The lowest BCUT2D eigenvalue weighted by Crippen LogP contribution is -2.41. The van der Waals surface area contributed by atoms with Gasteiger partial charge in [-0.3, -0.25) is 9.48 Å². The third kappa shape index (κ3) is 2.41. The van der Waals surface area contributed by atoms with Crippen LogP contribution in [0.2, 0.25) is 0 Å². The zero-order chi connectivity index (χ0) is 12.4. The highest BCUT2D eigenvalue weighted by atomic mass is 16.2. The molecule has 2 fully saturated rings. The molecule has 2 atom stereocenters. The van der Waals surface area contributed by atoms with Crippen LogP contribution in [0.5, 0.6) is 0 Å². The first kappa shape index (κ1) is 11.7. The van der Waals surface area contributed by atoms with Gasteiger partial charge in [-0.2, -0.15) is 5.10 Å². The Kier molecular flexibility index (Phi) is 3.32. The van der Waals surface area contributed by atoms with Crippen molar-refractivity contribution in [2.75, 3.05) is 19.6 Å². The summed E-state index contributed by atoms with van der Waals surface area (Å²) in [5.74, 6) is 0.939. The third-order valence-electron chi connectivity index (χ3n) is 4.07. The minimum Gasteiger partial charge on any atom is -0.341 e. The van der Waals surface area contributed by atoms with Crippen molar-refractivity contribution < 1.29 is 4.79 Å². The quantitative estimate of drug-likeness (QED) is 0.846. The van der Waals surface area contributed by atoms with Crippen molar-refractivity contribution in [3.63, 3.8) is 0 Å². The van der Waals surface area contributed by atoms with E-state index in [1.165, 1.54) is 12.8 Å². The smallest absolute Gasteiger partial charge is 0.224 e. The van der Waals surface area contributed by atoms with Crippen LogP contribution in [0.1, 0.15) is 19.3 Å². The first-order valence-corrected chi connectivity index (χ1v) is 6.81. The molecule has 2 aliphatic rings. The zero-order valence-electron chi connectivity index (χ0n) is 10.6. The maximum atomic E-state index is 12.1. The number of hydrogen-bond acceptors (Lipinski definition) is 3. The van der Waals surface area contributed by atoms with Crippen molar-refractivity contribution in [2.24, 2.45) is 5.92 Å². The summed E-state index contributed by atoms with van der Waals surface area (Å²) in [5.41, 5.74) is 0. The number of carbonyl (C=O) groups is 1. The molecule has 0 radical (unpaired) electrons. The van der Waals surface area contributed by atoms with Gasteiger partial charge in [0.25, 0.3) is 0 Å². The van der Waals surface area contributed by atoms with Gasteiger partial charge in [0.15, 0.2) is 0 Å². The van der Waals surface area contributed by atoms with Gasteiger partial charge < -0.3 is 10.2 Å². The molecule has 1 aromatic heterocycles. The van der Waals surface area contributed by atoms with Crippen molar-refractivity contribution in [3.8, 4) is 0 Å². The van der Waals surface area contributed by atoms with E-state index in [4.69, 9.17) is 0 Å². The Balaban J connectivity index is 1.51. The zero-order valence-corrected chi connectivity index (χ0v) is 10.6. The summed E-state index contributed by atoms with van der Waals surface area (Å²) in [6.45, 7) is 3.62. The van der Waals surface area contributed by atoms with Crippen molar-refractivity contribution in [1.82, 2.24) is 20.0 Å². The van der Waals surface area contributed by atoms with Gasteiger partial charge in [-0.15, -0.1) is 0 Å². The summed E-state index contributed by atoms with van der Waals surface area (Å²) < 4.78 is 1.82. The van der Waals surface area contributed by atoms with Gasteiger partial charge in [0.05, 0.1) is 0 Å². The Bertz CT molecular complexity index is 389. The summed E-state index contributed by atoms with van der Waals surface area (Å²) in [4.78, 5) is 14.2. The van der Waals surface area contributed by atoms with Crippen LogP contribution < -0.4 is 5.32 Å². The first-order chi connectivity index (χ1) is 8.83. The second-order valence-corrected chi connectivity index (χ2v) is 5.28. The van der Waals surface area contributed by atoms with E-state index in [1.54, 1.807) is 6.20 Å². The number of hydrogen-bond donors (Lipinski definition) is 1. The van der Waals surface area contributed by atoms with E-state index < -0.39 is 0 Å². The van der Waals surface area contributed by atoms with Gasteiger partial charge in [0.2, 0.25) is 5.91 Å². The molecule has 5 heteroatoms. The topological polar surface area (TPSA) is 50.2 Å². The van der Waals surface area contributed by atoms with Crippen LogP contribution in [0, 0.1) is 5.92 Å². The normalized spacial score (nSPS) is 27.2. The molecule has 18 heavy (non-hydrogen) atoms. The maximum Gasteiger partial charge on any atom is 0.224 e. The molecule has 2 unspecified atom stereocenters. The number of likely N-dealkylation sites (tertiary alicyclic amines) is 1. The lowest BCUT2D eigenvalue weighted by atomic mass is 9.94. The van der Waals surface area contributed by atoms with Crippen LogP contribution in [0.15, 0.2) is 18.5 Å². The summed E-state index contributed by atoms with van der Waals surface area (Å²) in [6, 6.07) is 2.42. The van der Waals surface area contributed by atoms with Crippen molar-refractivity contribution in [3.05, 3.63) is 18.5 Å². The summed E-state index contributed by atoms with van der Waals surface area (Å²) in [7, 11) is 0. The number of aryl methyl sites for hydroxylation is 1. The van der Waals surface area contributed by atoms with Crippen LogP contribution in [-0.2, 0) is 11.3 Å². The van der Waals surface area contributed by atoms with Gasteiger partial charge in [-0.25, -0.2) is 0 Å². The average molecular weight is 248 g/mol. The summed E-state index contributed by atoms with van der Waals surface area (Å²) in [6.07, 6.45) is 6.72. The molecule has 0 spiro atoms. The van der Waals surface area contributed by atoms with Crippen molar-refractivity contribution >= 4 is 5.91 Å². The number of rotatable bonds is 3. The van der Waals surface area contributed by atoms with E-state index in [1.807, 2.05) is 21.8 Å². The number of nitrogens with zero attached hydrogens (tertiary/aromatic N) is 3. The minimum absolute atomic E-state index is 0.265. The Morgan fingerprint density at radius 1 is 1.44 bits per heavy atom. The fourth-order valence-corrected chi connectivity index (χ4v) is 3.05. The Hall–Kier alpha value is -1.36. The SMILES string of the molecule is O=C(CCn1cccn1)N1CC2CCCNC2C1. The number of carbonyl (C=O) groups excluding carboxylic acids is 1. The standard InChI is InChI=1S/C13H20N4O/c18-13(4-8-17-7-2-6-15-17)16-9-11-3-1-5-14-12(11)10-16/h2,6-7,11-12,14H,1,3-5,8-10H2. The minimum atomic E-state index is 0.265. The molecule has 2 aliphatic heterocycles. The van der Waals surface area contributed by atoms with Crippen LogP contribution in [0.4, 0.5) is 0 Å². The van der Waals surface area contributed by atoms with Crippen molar-refractivity contribution in [1.29, 1.82) is 0 Å². The molecule has 0 bridgehead atoms. The largest absolute Gasteiger partial charge is 0.341 e. The molecule has 3 heterocycles. The number of piperidine rings is 1. The molecule has 0 aliphatic carbocycles. The highest BCUT2D eigenvalue weighted by Crippen LogP contribution is 2.25. The highest BCUT2D eigenvalue weighted by molar-refractivity contribution is 5.76. The number of fused-ring (bicyclic) bond motifs is 1. The van der Waals surface area contributed by atoms with E-state index in [0.717, 1.165) is 19.6 Å². The van der Waals surface area contributed by atoms with Gasteiger partial charge in [-0.1, -0.05) is 0 Å². The monoisotopic (exact) mass is 248 g/mol. The fraction of sp³-hybridized carbons (Fsp3) is 0.692. The van der Waals surface area contributed by atoms with E-state index >= 15 is 0 Å². The van der Waals surface area contributed by atoms with Gasteiger partial charge >= 0.3 is 0 Å². The maximum absolute atomic E-state index is 12.1. The first-order valence-electron chi connectivity index (χ1n) is 6.81. The summed E-state index contributed by atoms with van der Waals surface area (Å²) >= 11 is 0. The van der Waals surface area contributed by atoms with Crippen LogP contribution in [-0.4, -0.2) is 46.3 Å². The predicted octanol–water partition coefficient (Wildman–Crippen LogP) is 0.484. The van der Waals surface area contributed by atoms with E-state index in [9.17, 15) is 4.79 Å². The van der Waals surface area contributed by atoms with Crippen molar-refractivity contribution in [2.45, 2.75) is 31.8 Å². The van der Waals surface area contributed by atoms with Gasteiger partial charge in [0, 0.05) is 44.5 Å². The molecular formula is C13H20N4O. The molecule has 0 saturated carbocycles. The second-order valence-electron chi connectivity index (χ2n) is 5.28. The molecule has 0 aromatic carbocycles. The molecule has 3 rings (SSSR count). The van der Waals surface area contributed by atoms with Crippen LogP contribution in [0.25, 0.3) is 0 Å². The molecule has 1 N–H and O–H groups in total. The van der Waals surface area contributed by atoms with Gasteiger partial charge in [-0.05, 0) is 31.4 Å². The molecular weight excluding hydrogens is 228 g/mol. The van der Waals surface area contributed by atoms with E-state index in [-0.39, 0.29) is 5.91 Å². The average Bonchev–Trinajstić information content (AvgIpc) is 3.04. The molecule has 1 aromatic rings. The molecule has 98 valence electrons. The predicted molar refractivity (Wildman–Crippen MR) is 67.9 cm³/mol.